The second-order valence-corrected chi connectivity index (χ2v) is 8.27. The Balaban J connectivity index is 1.55. The van der Waals surface area contributed by atoms with Crippen LogP contribution in [0.4, 0.5) is 0 Å². The lowest BCUT2D eigenvalue weighted by atomic mass is 10.1. The quantitative estimate of drug-likeness (QED) is 0.881. The van der Waals surface area contributed by atoms with Crippen molar-refractivity contribution in [1.29, 1.82) is 0 Å². The topological polar surface area (TPSA) is 67.2 Å². The van der Waals surface area contributed by atoms with Crippen LogP contribution in [0, 0.1) is 6.92 Å². The summed E-state index contributed by atoms with van der Waals surface area (Å²) in [6, 6.07) is 7.40. The van der Waals surface area contributed by atoms with Crippen molar-refractivity contribution in [1.82, 2.24) is 18.8 Å². The first-order valence-electron chi connectivity index (χ1n) is 7.94. The number of aryl methyl sites for hydroxylation is 1. The molecule has 2 heterocycles. The average molecular weight is 369 g/mol. The Morgan fingerprint density at radius 1 is 1.25 bits per heavy atom. The lowest BCUT2D eigenvalue weighted by molar-refractivity contribution is 0.259. The van der Waals surface area contributed by atoms with Gasteiger partial charge in [-0.05, 0) is 43.0 Å². The minimum absolute atomic E-state index is 0.262. The molecule has 3 rings (SSSR count). The molecule has 0 saturated carbocycles. The molecule has 8 heteroatoms. The molecular formula is C16H21ClN4O2S. The molecule has 0 unspecified atom stereocenters. The summed E-state index contributed by atoms with van der Waals surface area (Å²) in [5, 5.41) is 4.97. The van der Waals surface area contributed by atoms with Crippen LogP contribution in [0.15, 0.2) is 36.7 Å². The number of aromatic nitrogens is 2. The smallest absolute Gasteiger partial charge is 0.269 e. The summed E-state index contributed by atoms with van der Waals surface area (Å²) in [7, 11) is -3.47. The van der Waals surface area contributed by atoms with Crippen LogP contribution in [-0.2, 0) is 16.8 Å². The lowest BCUT2D eigenvalue weighted by Gasteiger charge is -2.31. The van der Waals surface area contributed by atoms with Gasteiger partial charge in [-0.25, -0.2) is 0 Å². The van der Waals surface area contributed by atoms with E-state index in [0.29, 0.717) is 18.1 Å². The fourth-order valence-corrected chi connectivity index (χ4v) is 4.20. The normalized spacial score (nSPS) is 17.2. The molecule has 0 amide bonds. The number of benzene rings is 1. The third kappa shape index (κ3) is 4.16. The average Bonchev–Trinajstić information content (AvgIpc) is 3.01. The van der Waals surface area contributed by atoms with Crippen molar-refractivity contribution in [2.75, 3.05) is 13.1 Å². The van der Waals surface area contributed by atoms with E-state index in [9.17, 15) is 8.42 Å². The Morgan fingerprint density at radius 2 is 1.92 bits per heavy atom. The van der Waals surface area contributed by atoms with Gasteiger partial charge in [0.05, 0.1) is 12.2 Å². The second-order valence-electron chi connectivity index (χ2n) is 6.08. The highest BCUT2D eigenvalue weighted by molar-refractivity contribution is 7.87. The van der Waals surface area contributed by atoms with Crippen LogP contribution in [0.5, 0.6) is 0 Å². The number of halogens is 1. The van der Waals surface area contributed by atoms with Gasteiger partial charge in [0.15, 0.2) is 0 Å². The van der Waals surface area contributed by atoms with Gasteiger partial charge in [-0.1, -0.05) is 23.7 Å². The molecule has 1 aromatic heterocycles. The lowest BCUT2D eigenvalue weighted by Crippen LogP contribution is -2.45. The maximum absolute atomic E-state index is 12.4. The third-order valence-corrected chi connectivity index (χ3v) is 6.05. The summed E-state index contributed by atoms with van der Waals surface area (Å²) in [4.78, 5) is 0. The molecule has 0 atom stereocenters. The SMILES string of the molecule is Cc1cnn(C2CCN(S(=O)(=O)NCc3ccc(Cl)cc3)CC2)c1. The number of hydrogen-bond acceptors (Lipinski definition) is 3. The molecule has 1 aliphatic heterocycles. The predicted octanol–water partition coefficient (Wildman–Crippen LogP) is 2.52. The molecule has 0 radical (unpaired) electrons. The Labute approximate surface area is 147 Å². The van der Waals surface area contributed by atoms with Crippen LogP contribution >= 0.6 is 11.6 Å². The standard InChI is InChI=1S/C16H21ClN4O2S/c1-13-10-18-21(12-13)16-6-8-20(9-7-16)24(22,23)19-11-14-2-4-15(17)5-3-14/h2-5,10,12,16,19H,6-9,11H2,1H3. The van der Waals surface area contributed by atoms with Gasteiger partial charge in [-0.15, -0.1) is 0 Å². The van der Waals surface area contributed by atoms with E-state index in [4.69, 9.17) is 11.6 Å². The monoisotopic (exact) mass is 368 g/mol. The molecule has 1 fully saturated rings. The van der Waals surface area contributed by atoms with Crippen LogP contribution in [0.2, 0.25) is 5.02 Å². The van der Waals surface area contributed by atoms with Crippen molar-refractivity contribution in [3.05, 3.63) is 52.8 Å². The van der Waals surface area contributed by atoms with E-state index in [1.807, 2.05) is 36.1 Å². The first-order chi connectivity index (χ1) is 11.4. The third-order valence-electron chi connectivity index (χ3n) is 4.24. The first kappa shape index (κ1) is 17.4. The second kappa shape index (κ2) is 7.23. The Bertz CT molecular complexity index is 781. The molecule has 130 valence electrons. The maximum atomic E-state index is 12.4. The number of nitrogens with zero attached hydrogens (tertiary/aromatic N) is 3. The summed E-state index contributed by atoms with van der Waals surface area (Å²) in [5.41, 5.74) is 2.00. The molecule has 1 aliphatic rings. The Hall–Kier alpha value is -1.41. The van der Waals surface area contributed by atoms with Crippen LogP contribution in [0.3, 0.4) is 0 Å². The largest absolute Gasteiger partial charge is 0.279 e. The minimum Gasteiger partial charge on any atom is -0.269 e. The van der Waals surface area contributed by atoms with Crippen molar-refractivity contribution >= 4 is 21.8 Å². The van der Waals surface area contributed by atoms with E-state index in [2.05, 4.69) is 9.82 Å². The zero-order valence-corrected chi connectivity index (χ0v) is 15.1. The van der Waals surface area contributed by atoms with Crippen LogP contribution in [0.25, 0.3) is 0 Å². The summed E-state index contributed by atoms with van der Waals surface area (Å²) < 4.78 is 31.0. The summed E-state index contributed by atoms with van der Waals surface area (Å²) >= 11 is 5.84. The van der Waals surface area contributed by atoms with E-state index in [1.54, 1.807) is 12.1 Å². The molecule has 0 aliphatic carbocycles. The van der Waals surface area contributed by atoms with Crippen molar-refractivity contribution in [2.24, 2.45) is 0 Å². The van der Waals surface area contributed by atoms with E-state index in [-0.39, 0.29) is 12.6 Å². The summed E-state index contributed by atoms with van der Waals surface area (Å²) in [6.07, 6.45) is 5.37. The van der Waals surface area contributed by atoms with Gasteiger partial charge in [0.1, 0.15) is 0 Å². The van der Waals surface area contributed by atoms with Gasteiger partial charge >= 0.3 is 0 Å². The van der Waals surface area contributed by atoms with E-state index >= 15 is 0 Å². The zero-order valence-electron chi connectivity index (χ0n) is 13.5. The minimum atomic E-state index is -3.47. The van der Waals surface area contributed by atoms with Gasteiger partial charge in [0, 0.05) is 30.9 Å². The number of piperidine rings is 1. The van der Waals surface area contributed by atoms with Gasteiger partial charge in [-0.2, -0.15) is 22.5 Å². The molecule has 0 spiro atoms. The molecular weight excluding hydrogens is 348 g/mol. The predicted molar refractivity (Wildman–Crippen MR) is 94.0 cm³/mol. The fraction of sp³-hybridized carbons (Fsp3) is 0.438. The highest BCUT2D eigenvalue weighted by Gasteiger charge is 2.28. The van der Waals surface area contributed by atoms with Crippen molar-refractivity contribution in [3.63, 3.8) is 0 Å². The van der Waals surface area contributed by atoms with Gasteiger partial charge in [0.2, 0.25) is 0 Å². The number of rotatable bonds is 5. The Kier molecular flexibility index (Phi) is 5.24. The van der Waals surface area contributed by atoms with Gasteiger partial charge in [-0.3, -0.25) is 4.68 Å². The van der Waals surface area contributed by atoms with Crippen molar-refractivity contribution < 1.29 is 8.42 Å². The van der Waals surface area contributed by atoms with E-state index in [1.165, 1.54) is 4.31 Å². The summed E-state index contributed by atoms with van der Waals surface area (Å²) in [6.45, 7) is 3.26. The zero-order chi connectivity index (χ0) is 17.2. The van der Waals surface area contributed by atoms with Crippen LogP contribution in [0.1, 0.15) is 30.0 Å². The van der Waals surface area contributed by atoms with Crippen molar-refractivity contribution in [3.8, 4) is 0 Å². The molecule has 0 bridgehead atoms. The van der Waals surface area contributed by atoms with Crippen LogP contribution < -0.4 is 4.72 Å². The molecule has 1 aromatic carbocycles. The molecule has 6 nitrogen and oxygen atoms in total. The number of hydrogen-bond donors (Lipinski definition) is 1. The molecule has 1 saturated heterocycles. The Morgan fingerprint density at radius 3 is 2.50 bits per heavy atom. The fourth-order valence-electron chi connectivity index (χ4n) is 2.85. The molecule has 2 aromatic rings. The highest BCUT2D eigenvalue weighted by atomic mass is 35.5. The van der Waals surface area contributed by atoms with Crippen LogP contribution in [-0.4, -0.2) is 35.6 Å². The van der Waals surface area contributed by atoms with E-state index in [0.717, 1.165) is 24.0 Å². The van der Waals surface area contributed by atoms with Gasteiger partial charge in [0.25, 0.3) is 10.2 Å². The molecule has 24 heavy (non-hydrogen) atoms. The van der Waals surface area contributed by atoms with Gasteiger partial charge < -0.3 is 0 Å². The van der Waals surface area contributed by atoms with E-state index < -0.39 is 10.2 Å². The number of nitrogens with one attached hydrogen (secondary N) is 1. The molecule has 1 N–H and O–H groups in total. The van der Waals surface area contributed by atoms with Crippen molar-refractivity contribution in [2.45, 2.75) is 32.4 Å². The highest BCUT2D eigenvalue weighted by Crippen LogP contribution is 2.23. The summed E-state index contributed by atoms with van der Waals surface area (Å²) in [5.74, 6) is 0. The first-order valence-corrected chi connectivity index (χ1v) is 9.76. The maximum Gasteiger partial charge on any atom is 0.279 e.